The van der Waals surface area contributed by atoms with Crippen LogP contribution in [0.4, 0.5) is 4.39 Å². The van der Waals surface area contributed by atoms with Gasteiger partial charge in [0.25, 0.3) is 0 Å². The molecule has 2 aromatic carbocycles. The van der Waals surface area contributed by atoms with Crippen LogP contribution < -0.4 is 10.5 Å². The SMILES string of the molecule is NCc1ccc2oc(COc3cccc(F)c3)cc2c1. The van der Waals surface area contributed by atoms with Gasteiger partial charge in [-0.25, -0.2) is 4.39 Å². The second-order valence-electron chi connectivity index (χ2n) is 4.54. The molecule has 1 aromatic heterocycles. The fourth-order valence-electron chi connectivity index (χ4n) is 2.06. The van der Waals surface area contributed by atoms with Crippen molar-refractivity contribution in [3.8, 4) is 5.75 Å². The van der Waals surface area contributed by atoms with Gasteiger partial charge in [-0.05, 0) is 35.9 Å². The zero-order chi connectivity index (χ0) is 13.9. The Labute approximate surface area is 115 Å². The summed E-state index contributed by atoms with van der Waals surface area (Å²) in [6, 6.07) is 13.8. The lowest BCUT2D eigenvalue weighted by Gasteiger charge is -2.03. The van der Waals surface area contributed by atoms with Crippen LogP contribution in [0.25, 0.3) is 11.0 Å². The highest BCUT2D eigenvalue weighted by molar-refractivity contribution is 5.78. The van der Waals surface area contributed by atoms with E-state index in [0.717, 1.165) is 16.5 Å². The van der Waals surface area contributed by atoms with Gasteiger partial charge in [0.05, 0.1) is 0 Å². The molecule has 0 amide bonds. The molecule has 102 valence electrons. The number of ether oxygens (including phenoxy) is 1. The number of furan rings is 1. The van der Waals surface area contributed by atoms with Crippen molar-refractivity contribution < 1.29 is 13.5 Å². The quantitative estimate of drug-likeness (QED) is 0.788. The van der Waals surface area contributed by atoms with E-state index in [0.29, 0.717) is 18.1 Å². The summed E-state index contributed by atoms with van der Waals surface area (Å²) in [5, 5.41) is 0.991. The molecule has 20 heavy (non-hydrogen) atoms. The van der Waals surface area contributed by atoms with Gasteiger partial charge < -0.3 is 14.9 Å². The fourth-order valence-corrected chi connectivity index (χ4v) is 2.06. The summed E-state index contributed by atoms with van der Waals surface area (Å²) < 4.78 is 24.2. The van der Waals surface area contributed by atoms with E-state index in [4.69, 9.17) is 14.9 Å². The Hall–Kier alpha value is -2.33. The lowest BCUT2D eigenvalue weighted by atomic mass is 10.1. The Balaban J connectivity index is 1.77. The van der Waals surface area contributed by atoms with Gasteiger partial charge in [-0.1, -0.05) is 12.1 Å². The summed E-state index contributed by atoms with van der Waals surface area (Å²) in [7, 11) is 0. The van der Waals surface area contributed by atoms with E-state index < -0.39 is 0 Å². The van der Waals surface area contributed by atoms with E-state index in [1.165, 1.54) is 12.1 Å². The van der Waals surface area contributed by atoms with Crippen LogP contribution in [0.2, 0.25) is 0 Å². The van der Waals surface area contributed by atoms with Crippen molar-refractivity contribution in [2.24, 2.45) is 5.73 Å². The van der Waals surface area contributed by atoms with Gasteiger partial charge in [0.2, 0.25) is 0 Å². The molecule has 0 radical (unpaired) electrons. The first kappa shape index (κ1) is 12.7. The standard InChI is InChI=1S/C16H14FNO2/c17-13-2-1-3-14(8-13)19-10-15-7-12-6-11(9-18)4-5-16(12)20-15/h1-8H,9-10,18H2. The van der Waals surface area contributed by atoms with Crippen LogP contribution in [0.3, 0.4) is 0 Å². The molecule has 2 N–H and O–H groups in total. The Morgan fingerprint density at radius 3 is 2.80 bits per heavy atom. The number of halogens is 1. The van der Waals surface area contributed by atoms with Gasteiger partial charge in [0.15, 0.2) is 0 Å². The van der Waals surface area contributed by atoms with Crippen LogP contribution in [0.1, 0.15) is 11.3 Å². The number of nitrogens with two attached hydrogens (primary N) is 1. The molecule has 0 aliphatic heterocycles. The first-order chi connectivity index (χ1) is 9.74. The van der Waals surface area contributed by atoms with Crippen LogP contribution in [-0.4, -0.2) is 0 Å². The van der Waals surface area contributed by atoms with E-state index in [1.807, 2.05) is 24.3 Å². The van der Waals surface area contributed by atoms with Crippen molar-refractivity contribution >= 4 is 11.0 Å². The third kappa shape index (κ3) is 2.65. The van der Waals surface area contributed by atoms with Gasteiger partial charge in [-0.3, -0.25) is 0 Å². The summed E-state index contributed by atoms with van der Waals surface area (Å²) >= 11 is 0. The highest BCUT2D eigenvalue weighted by Crippen LogP contribution is 2.22. The van der Waals surface area contributed by atoms with Crippen molar-refractivity contribution in [3.05, 3.63) is 65.7 Å². The van der Waals surface area contributed by atoms with Crippen LogP contribution in [0, 0.1) is 5.82 Å². The zero-order valence-corrected chi connectivity index (χ0v) is 10.8. The predicted molar refractivity (Wildman–Crippen MR) is 74.8 cm³/mol. The normalized spacial score (nSPS) is 10.9. The largest absolute Gasteiger partial charge is 0.486 e. The number of hydrogen-bond donors (Lipinski definition) is 1. The maximum absolute atomic E-state index is 13.0. The van der Waals surface area contributed by atoms with Crippen molar-refractivity contribution in [1.82, 2.24) is 0 Å². The highest BCUT2D eigenvalue weighted by atomic mass is 19.1. The maximum Gasteiger partial charge on any atom is 0.146 e. The summed E-state index contributed by atoms with van der Waals surface area (Å²) in [4.78, 5) is 0. The Morgan fingerprint density at radius 1 is 1.10 bits per heavy atom. The number of hydrogen-bond acceptors (Lipinski definition) is 3. The van der Waals surface area contributed by atoms with Crippen LogP contribution in [0.15, 0.2) is 52.9 Å². The number of benzene rings is 2. The fraction of sp³-hybridized carbons (Fsp3) is 0.125. The van der Waals surface area contributed by atoms with Gasteiger partial charge in [-0.15, -0.1) is 0 Å². The Bertz CT molecular complexity index is 736. The molecular weight excluding hydrogens is 257 g/mol. The average Bonchev–Trinajstić information content (AvgIpc) is 2.87. The van der Waals surface area contributed by atoms with E-state index in [9.17, 15) is 4.39 Å². The molecule has 3 nitrogen and oxygen atoms in total. The zero-order valence-electron chi connectivity index (χ0n) is 10.8. The lowest BCUT2D eigenvalue weighted by molar-refractivity contribution is 0.273. The molecule has 4 heteroatoms. The minimum Gasteiger partial charge on any atom is -0.486 e. The maximum atomic E-state index is 13.0. The lowest BCUT2D eigenvalue weighted by Crippen LogP contribution is -1.94. The Morgan fingerprint density at radius 2 is 2.00 bits per heavy atom. The van der Waals surface area contributed by atoms with Crippen molar-refractivity contribution in [3.63, 3.8) is 0 Å². The molecule has 0 saturated heterocycles. The summed E-state index contributed by atoms with van der Waals surface area (Å²) in [5.41, 5.74) is 7.45. The van der Waals surface area contributed by atoms with E-state index >= 15 is 0 Å². The smallest absolute Gasteiger partial charge is 0.146 e. The second kappa shape index (κ2) is 5.35. The summed E-state index contributed by atoms with van der Waals surface area (Å²) in [6.07, 6.45) is 0. The van der Waals surface area contributed by atoms with Gasteiger partial charge in [0, 0.05) is 18.0 Å². The molecule has 0 atom stereocenters. The minimum absolute atomic E-state index is 0.260. The topological polar surface area (TPSA) is 48.4 Å². The third-order valence-corrected chi connectivity index (χ3v) is 3.04. The number of rotatable bonds is 4. The first-order valence-corrected chi connectivity index (χ1v) is 6.34. The van der Waals surface area contributed by atoms with Crippen molar-refractivity contribution in [1.29, 1.82) is 0 Å². The first-order valence-electron chi connectivity index (χ1n) is 6.34. The summed E-state index contributed by atoms with van der Waals surface area (Å²) in [5.74, 6) is 0.853. The van der Waals surface area contributed by atoms with Crippen molar-refractivity contribution in [2.75, 3.05) is 0 Å². The van der Waals surface area contributed by atoms with Crippen molar-refractivity contribution in [2.45, 2.75) is 13.2 Å². The van der Waals surface area contributed by atoms with Gasteiger partial charge in [0.1, 0.15) is 29.5 Å². The monoisotopic (exact) mass is 271 g/mol. The molecule has 0 aliphatic rings. The molecule has 0 aliphatic carbocycles. The molecule has 0 bridgehead atoms. The molecule has 0 spiro atoms. The molecule has 3 aromatic rings. The Kier molecular flexibility index (Phi) is 3.39. The average molecular weight is 271 g/mol. The highest BCUT2D eigenvalue weighted by Gasteiger charge is 2.05. The van der Waals surface area contributed by atoms with Gasteiger partial charge in [-0.2, -0.15) is 0 Å². The third-order valence-electron chi connectivity index (χ3n) is 3.04. The molecule has 3 rings (SSSR count). The molecule has 0 saturated carbocycles. The molecule has 0 unspecified atom stereocenters. The van der Waals surface area contributed by atoms with E-state index in [2.05, 4.69) is 0 Å². The van der Waals surface area contributed by atoms with Crippen LogP contribution in [0.5, 0.6) is 5.75 Å². The number of fused-ring (bicyclic) bond motifs is 1. The molecule has 1 heterocycles. The molecule has 0 fully saturated rings. The second-order valence-corrected chi connectivity index (χ2v) is 4.54. The van der Waals surface area contributed by atoms with E-state index in [-0.39, 0.29) is 12.4 Å². The molecular formula is C16H14FNO2. The van der Waals surface area contributed by atoms with Gasteiger partial charge >= 0.3 is 0 Å². The predicted octanol–water partition coefficient (Wildman–Crippen LogP) is 3.61. The summed E-state index contributed by atoms with van der Waals surface area (Å²) in [6.45, 7) is 0.756. The minimum atomic E-state index is -0.320. The van der Waals surface area contributed by atoms with Crippen LogP contribution in [-0.2, 0) is 13.2 Å². The van der Waals surface area contributed by atoms with E-state index in [1.54, 1.807) is 12.1 Å². The van der Waals surface area contributed by atoms with Crippen LogP contribution >= 0.6 is 0 Å².